The van der Waals surface area contributed by atoms with Gasteiger partial charge in [-0.25, -0.2) is 4.79 Å². The van der Waals surface area contributed by atoms with E-state index in [9.17, 15) is 19.2 Å². The molecule has 0 aliphatic carbocycles. The summed E-state index contributed by atoms with van der Waals surface area (Å²) in [6.45, 7) is 3.57. The van der Waals surface area contributed by atoms with Crippen molar-refractivity contribution in [1.29, 1.82) is 0 Å². The molecule has 0 unspecified atom stereocenters. The van der Waals surface area contributed by atoms with E-state index in [2.05, 4.69) is 5.32 Å². The lowest BCUT2D eigenvalue weighted by Crippen LogP contribution is -2.29. The van der Waals surface area contributed by atoms with Crippen LogP contribution in [0, 0.1) is 0 Å². The fourth-order valence-corrected chi connectivity index (χ4v) is 3.39. The van der Waals surface area contributed by atoms with Crippen molar-refractivity contribution in [3.05, 3.63) is 40.9 Å². The minimum Gasteiger partial charge on any atom is -0.464 e. The molecule has 9 heteroatoms. The van der Waals surface area contributed by atoms with Crippen molar-refractivity contribution < 1.29 is 28.7 Å². The van der Waals surface area contributed by atoms with Crippen LogP contribution in [0.15, 0.2) is 35.4 Å². The third-order valence-corrected chi connectivity index (χ3v) is 4.66. The number of nitrogens with one attached hydrogen (secondary N) is 1. The highest BCUT2D eigenvalue weighted by Gasteiger charge is 2.27. The van der Waals surface area contributed by atoms with E-state index in [0.29, 0.717) is 10.7 Å². The average Bonchev–Trinajstić information content (AvgIpc) is 2.96. The van der Waals surface area contributed by atoms with E-state index in [1.165, 1.54) is 29.7 Å². The van der Waals surface area contributed by atoms with E-state index in [1.807, 2.05) is 0 Å². The Bertz CT molecular complexity index is 775. The molecular weight excluding hydrogens is 384 g/mol. The molecule has 0 spiro atoms. The number of hydrogen-bond donors (Lipinski definition) is 1. The number of carbonyl (C=O) groups excluding carboxylic acids is 4. The predicted molar refractivity (Wildman–Crippen MR) is 104 cm³/mol. The summed E-state index contributed by atoms with van der Waals surface area (Å²) in [5.41, 5.74) is 1.39. The number of carbonyl (C=O) groups is 4. The van der Waals surface area contributed by atoms with Gasteiger partial charge in [0.25, 0.3) is 0 Å². The van der Waals surface area contributed by atoms with Crippen molar-refractivity contribution in [3.63, 3.8) is 0 Å². The molecule has 28 heavy (non-hydrogen) atoms. The van der Waals surface area contributed by atoms with Gasteiger partial charge in [0.2, 0.25) is 11.8 Å². The molecule has 1 N–H and O–H groups in total. The molecule has 2 rings (SSSR count). The zero-order valence-electron chi connectivity index (χ0n) is 15.7. The first-order valence-corrected chi connectivity index (χ1v) is 9.71. The SMILES string of the molecule is CCOC(=O)/C=C1\SCC(=O)N1CCOC(=O)Cc1ccc(NC(C)=O)cc1. The maximum absolute atomic E-state index is 12.0. The van der Waals surface area contributed by atoms with Crippen molar-refractivity contribution in [3.8, 4) is 0 Å². The summed E-state index contributed by atoms with van der Waals surface area (Å²) >= 11 is 1.25. The lowest BCUT2D eigenvalue weighted by atomic mass is 10.1. The summed E-state index contributed by atoms with van der Waals surface area (Å²) in [4.78, 5) is 47.9. The second-order valence-electron chi connectivity index (χ2n) is 5.84. The highest BCUT2D eigenvalue weighted by Crippen LogP contribution is 2.28. The Labute approximate surface area is 167 Å². The second kappa shape index (κ2) is 10.5. The van der Waals surface area contributed by atoms with Gasteiger partial charge in [0.05, 0.1) is 36.4 Å². The minimum atomic E-state index is -0.510. The van der Waals surface area contributed by atoms with Crippen LogP contribution < -0.4 is 5.32 Å². The van der Waals surface area contributed by atoms with E-state index >= 15 is 0 Å². The molecule has 1 aromatic rings. The maximum Gasteiger partial charge on any atom is 0.333 e. The number of amides is 2. The Kier molecular flexibility index (Phi) is 8.06. The van der Waals surface area contributed by atoms with Gasteiger partial charge in [0.15, 0.2) is 0 Å². The van der Waals surface area contributed by atoms with Crippen molar-refractivity contribution in [1.82, 2.24) is 4.90 Å². The number of hydrogen-bond acceptors (Lipinski definition) is 7. The van der Waals surface area contributed by atoms with Crippen LogP contribution in [0.2, 0.25) is 0 Å². The number of benzene rings is 1. The van der Waals surface area contributed by atoms with E-state index in [-0.39, 0.29) is 43.7 Å². The van der Waals surface area contributed by atoms with E-state index in [0.717, 1.165) is 5.56 Å². The summed E-state index contributed by atoms with van der Waals surface area (Å²) in [6.07, 6.45) is 1.35. The molecule has 1 aromatic carbocycles. The molecule has 0 radical (unpaired) electrons. The number of nitrogens with zero attached hydrogens (tertiary/aromatic N) is 1. The number of ether oxygens (including phenoxy) is 2. The van der Waals surface area contributed by atoms with Gasteiger partial charge < -0.3 is 19.7 Å². The van der Waals surface area contributed by atoms with Crippen LogP contribution in [0.5, 0.6) is 0 Å². The van der Waals surface area contributed by atoms with Gasteiger partial charge in [-0.2, -0.15) is 0 Å². The van der Waals surface area contributed by atoms with Gasteiger partial charge in [-0.05, 0) is 24.6 Å². The Morgan fingerprint density at radius 1 is 1.21 bits per heavy atom. The smallest absolute Gasteiger partial charge is 0.333 e. The molecule has 1 aliphatic heterocycles. The molecule has 1 heterocycles. The molecule has 0 saturated carbocycles. The van der Waals surface area contributed by atoms with E-state index in [4.69, 9.17) is 9.47 Å². The molecule has 1 saturated heterocycles. The molecule has 1 aliphatic rings. The summed E-state index contributed by atoms with van der Waals surface area (Å²) in [7, 11) is 0. The molecule has 8 nitrogen and oxygen atoms in total. The van der Waals surface area contributed by atoms with Gasteiger partial charge in [-0.15, -0.1) is 0 Å². The number of esters is 2. The fourth-order valence-electron chi connectivity index (χ4n) is 2.43. The number of rotatable bonds is 8. The molecule has 1 fully saturated rings. The molecule has 0 aromatic heterocycles. The van der Waals surface area contributed by atoms with Gasteiger partial charge in [0, 0.05) is 12.6 Å². The van der Waals surface area contributed by atoms with Gasteiger partial charge in [0.1, 0.15) is 6.61 Å². The van der Waals surface area contributed by atoms with Gasteiger partial charge in [-0.3, -0.25) is 14.4 Å². The first-order chi connectivity index (χ1) is 13.4. The third kappa shape index (κ3) is 6.73. The minimum absolute atomic E-state index is 0.0231. The van der Waals surface area contributed by atoms with Gasteiger partial charge >= 0.3 is 11.9 Å². The number of thioether (sulfide) groups is 1. The van der Waals surface area contributed by atoms with E-state index < -0.39 is 11.9 Å². The maximum atomic E-state index is 12.0. The van der Waals surface area contributed by atoms with Crippen LogP contribution in [-0.2, 0) is 35.1 Å². The summed E-state index contributed by atoms with van der Waals surface area (Å²) in [5.74, 6) is -1.02. The summed E-state index contributed by atoms with van der Waals surface area (Å²) < 4.78 is 10.0. The Balaban J connectivity index is 1.81. The van der Waals surface area contributed by atoms with Crippen LogP contribution in [0.4, 0.5) is 5.69 Å². The van der Waals surface area contributed by atoms with E-state index in [1.54, 1.807) is 31.2 Å². The van der Waals surface area contributed by atoms with Crippen molar-refractivity contribution in [2.45, 2.75) is 20.3 Å². The quantitative estimate of drug-likeness (QED) is 0.518. The molecule has 150 valence electrons. The van der Waals surface area contributed by atoms with Crippen LogP contribution in [0.1, 0.15) is 19.4 Å². The van der Waals surface area contributed by atoms with Crippen LogP contribution in [-0.4, -0.2) is 54.2 Å². The summed E-state index contributed by atoms with van der Waals surface area (Å²) in [5, 5.41) is 3.14. The third-order valence-electron chi connectivity index (χ3n) is 3.64. The molecule has 0 bridgehead atoms. The topological polar surface area (TPSA) is 102 Å². The predicted octanol–water partition coefficient (Wildman–Crippen LogP) is 1.71. The highest BCUT2D eigenvalue weighted by atomic mass is 32.2. The zero-order chi connectivity index (χ0) is 20.5. The fraction of sp³-hybridized carbons (Fsp3) is 0.368. The summed E-state index contributed by atoms with van der Waals surface area (Å²) in [6, 6.07) is 6.87. The monoisotopic (exact) mass is 406 g/mol. The van der Waals surface area contributed by atoms with Gasteiger partial charge in [-0.1, -0.05) is 23.9 Å². The van der Waals surface area contributed by atoms with Crippen molar-refractivity contribution >= 4 is 41.2 Å². The molecule has 2 amide bonds. The Morgan fingerprint density at radius 2 is 1.93 bits per heavy atom. The van der Waals surface area contributed by atoms with Crippen LogP contribution >= 0.6 is 11.8 Å². The lowest BCUT2D eigenvalue weighted by Gasteiger charge is -2.16. The highest BCUT2D eigenvalue weighted by molar-refractivity contribution is 8.04. The Morgan fingerprint density at radius 3 is 2.57 bits per heavy atom. The molecule has 0 atom stereocenters. The zero-order valence-corrected chi connectivity index (χ0v) is 16.5. The van der Waals surface area contributed by atoms with Crippen molar-refractivity contribution in [2.24, 2.45) is 0 Å². The first-order valence-electron chi connectivity index (χ1n) is 8.72. The largest absolute Gasteiger partial charge is 0.464 e. The molecular formula is C19H22N2O6S. The first kappa shape index (κ1) is 21.5. The lowest BCUT2D eigenvalue weighted by molar-refractivity contribution is -0.144. The van der Waals surface area contributed by atoms with Crippen LogP contribution in [0.25, 0.3) is 0 Å². The number of anilines is 1. The van der Waals surface area contributed by atoms with Crippen molar-refractivity contribution in [2.75, 3.05) is 30.8 Å². The Hall–Kier alpha value is -2.81. The normalized spacial score (nSPS) is 14.9. The standard InChI is InChI=1S/C19H22N2O6S/c1-3-26-19(25)11-17-21(16(23)12-28-17)8-9-27-18(24)10-14-4-6-15(7-5-14)20-13(2)22/h4-7,11H,3,8-10,12H2,1-2H3,(H,20,22)/b17-11-. The average molecular weight is 406 g/mol. The second-order valence-corrected chi connectivity index (χ2v) is 6.84. The van der Waals surface area contributed by atoms with Crippen LogP contribution in [0.3, 0.4) is 0 Å².